The Morgan fingerprint density at radius 1 is 1.00 bits per heavy atom. The van der Waals surface area contributed by atoms with Crippen molar-refractivity contribution in [2.45, 2.75) is 32.1 Å². The summed E-state index contributed by atoms with van der Waals surface area (Å²) in [6.07, 6.45) is 4.02. The highest BCUT2D eigenvalue weighted by Gasteiger charge is 2.42. The molecule has 2 aliphatic carbocycles. The Hall–Kier alpha value is -2.57. The number of hydrogen-bond acceptors (Lipinski definition) is 6. The predicted octanol–water partition coefficient (Wildman–Crippen LogP) is 2.28. The molecule has 2 atom stereocenters. The summed E-state index contributed by atoms with van der Waals surface area (Å²) in [6, 6.07) is 7.89. The molecule has 1 aliphatic heterocycles. The maximum atomic E-state index is 12.5. The van der Waals surface area contributed by atoms with Crippen LogP contribution in [0.2, 0.25) is 0 Å². The highest BCUT2D eigenvalue weighted by atomic mass is 16.5. The molecule has 1 saturated heterocycles. The SMILES string of the molecule is COc1ccc(N2CCN(C(=O)COC(=O)C3C[C@@H]4CCC[C@@H](C3)C4=O)CC2)cc1. The fourth-order valence-corrected chi connectivity index (χ4v) is 5.02. The second kappa shape index (κ2) is 9.06. The highest BCUT2D eigenvalue weighted by molar-refractivity contribution is 5.88. The summed E-state index contributed by atoms with van der Waals surface area (Å²) in [6.45, 7) is 2.47. The maximum Gasteiger partial charge on any atom is 0.309 e. The minimum Gasteiger partial charge on any atom is -0.497 e. The number of esters is 1. The van der Waals surface area contributed by atoms with Crippen molar-refractivity contribution in [3.05, 3.63) is 24.3 Å². The van der Waals surface area contributed by atoms with E-state index in [4.69, 9.17) is 9.47 Å². The molecule has 4 rings (SSSR count). The number of ketones is 1. The second-order valence-electron chi connectivity index (χ2n) is 8.57. The lowest BCUT2D eigenvalue weighted by molar-refractivity contribution is -0.159. The van der Waals surface area contributed by atoms with Gasteiger partial charge in [0.05, 0.1) is 13.0 Å². The lowest BCUT2D eigenvalue weighted by Gasteiger charge is -2.37. The van der Waals surface area contributed by atoms with Gasteiger partial charge in [-0.1, -0.05) is 6.42 Å². The van der Waals surface area contributed by atoms with Crippen molar-refractivity contribution < 1.29 is 23.9 Å². The van der Waals surface area contributed by atoms with E-state index in [1.807, 2.05) is 24.3 Å². The average Bonchev–Trinajstić information content (AvgIpc) is 2.77. The normalized spacial score (nSPS) is 26.3. The Kier molecular flexibility index (Phi) is 6.25. The van der Waals surface area contributed by atoms with Crippen molar-refractivity contribution in [2.24, 2.45) is 17.8 Å². The van der Waals surface area contributed by atoms with Crippen LogP contribution in [0.15, 0.2) is 24.3 Å². The first-order valence-electron chi connectivity index (χ1n) is 10.9. The van der Waals surface area contributed by atoms with E-state index in [1.54, 1.807) is 12.0 Å². The fourth-order valence-electron chi connectivity index (χ4n) is 5.02. The number of nitrogens with zero attached hydrogens (tertiary/aromatic N) is 2. The zero-order valence-electron chi connectivity index (χ0n) is 17.5. The Morgan fingerprint density at radius 3 is 2.23 bits per heavy atom. The number of amides is 1. The van der Waals surface area contributed by atoms with Gasteiger partial charge >= 0.3 is 5.97 Å². The molecule has 1 heterocycles. The molecule has 2 bridgehead atoms. The summed E-state index contributed by atoms with van der Waals surface area (Å²) >= 11 is 0. The molecule has 30 heavy (non-hydrogen) atoms. The van der Waals surface area contributed by atoms with Gasteiger partial charge in [0.1, 0.15) is 11.5 Å². The van der Waals surface area contributed by atoms with E-state index >= 15 is 0 Å². The monoisotopic (exact) mass is 414 g/mol. The van der Waals surface area contributed by atoms with Crippen LogP contribution in [0.5, 0.6) is 5.75 Å². The molecule has 3 aliphatic rings. The number of ether oxygens (including phenoxy) is 2. The Balaban J connectivity index is 1.22. The second-order valence-corrected chi connectivity index (χ2v) is 8.57. The van der Waals surface area contributed by atoms with Gasteiger partial charge in [-0.2, -0.15) is 0 Å². The number of carbonyl (C=O) groups excluding carboxylic acids is 3. The first kappa shape index (κ1) is 20.7. The van der Waals surface area contributed by atoms with Gasteiger partial charge in [0.15, 0.2) is 6.61 Å². The van der Waals surface area contributed by atoms with Crippen LogP contribution >= 0.6 is 0 Å². The van der Waals surface area contributed by atoms with Gasteiger partial charge in [-0.25, -0.2) is 0 Å². The van der Waals surface area contributed by atoms with E-state index in [1.165, 1.54) is 0 Å². The van der Waals surface area contributed by atoms with E-state index in [2.05, 4.69) is 4.90 Å². The molecule has 0 radical (unpaired) electrons. The molecular weight excluding hydrogens is 384 g/mol. The summed E-state index contributed by atoms with van der Waals surface area (Å²) in [7, 11) is 1.64. The number of piperazine rings is 1. The third-order valence-electron chi connectivity index (χ3n) is 6.79. The van der Waals surface area contributed by atoms with Crippen molar-refractivity contribution >= 4 is 23.3 Å². The van der Waals surface area contributed by atoms with Crippen molar-refractivity contribution in [2.75, 3.05) is 44.8 Å². The number of methoxy groups -OCH3 is 1. The number of Topliss-reactive ketones (excluding diaryl/α,β-unsaturated/α-hetero) is 1. The van der Waals surface area contributed by atoms with Crippen molar-refractivity contribution in [3.8, 4) is 5.75 Å². The third kappa shape index (κ3) is 4.45. The predicted molar refractivity (Wildman–Crippen MR) is 111 cm³/mol. The smallest absolute Gasteiger partial charge is 0.309 e. The van der Waals surface area contributed by atoms with Crippen LogP contribution in [0.4, 0.5) is 5.69 Å². The number of carbonyl (C=O) groups is 3. The van der Waals surface area contributed by atoms with Crippen molar-refractivity contribution in [3.63, 3.8) is 0 Å². The quantitative estimate of drug-likeness (QED) is 0.688. The standard InChI is InChI=1S/C23H30N2O5/c1-29-20-7-5-19(6-8-20)24-9-11-25(12-10-24)21(26)15-30-23(28)18-13-16-3-2-4-17(14-18)22(16)27/h5-8,16-18H,2-4,9-15H2,1H3/t16-,17-/m0/s1. The molecule has 3 fully saturated rings. The minimum atomic E-state index is -0.315. The molecule has 1 amide bonds. The van der Waals surface area contributed by atoms with Crippen LogP contribution in [-0.4, -0.2) is 62.5 Å². The number of anilines is 1. The van der Waals surface area contributed by atoms with Crippen LogP contribution in [0.1, 0.15) is 32.1 Å². The third-order valence-corrected chi connectivity index (χ3v) is 6.79. The Bertz CT molecular complexity index is 769. The molecule has 1 aromatic carbocycles. The summed E-state index contributed by atoms with van der Waals surface area (Å²) in [4.78, 5) is 41.2. The molecule has 0 spiro atoms. The van der Waals surface area contributed by atoms with E-state index < -0.39 is 0 Å². The lowest BCUT2D eigenvalue weighted by Crippen LogP contribution is -2.50. The summed E-state index contributed by atoms with van der Waals surface area (Å²) in [5, 5.41) is 0. The summed E-state index contributed by atoms with van der Waals surface area (Å²) < 4.78 is 10.6. The van der Waals surface area contributed by atoms with Gasteiger partial charge in [-0.15, -0.1) is 0 Å². The maximum absolute atomic E-state index is 12.5. The van der Waals surface area contributed by atoms with Crippen molar-refractivity contribution in [1.82, 2.24) is 4.90 Å². The number of hydrogen-bond donors (Lipinski definition) is 0. The van der Waals surface area contributed by atoms with Gasteiger partial charge in [0, 0.05) is 43.7 Å². The number of benzene rings is 1. The molecule has 0 N–H and O–H groups in total. The molecule has 7 heteroatoms. The molecule has 0 unspecified atom stereocenters. The fraction of sp³-hybridized carbons (Fsp3) is 0.609. The topological polar surface area (TPSA) is 76.2 Å². The largest absolute Gasteiger partial charge is 0.497 e. The molecule has 162 valence electrons. The van der Waals surface area contributed by atoms with Gasteiger partial charge < -0.3 is 19.3 Å². The summed E-state index contributed by atoms with van der Waals surface area (Å²) in [5.74, 6) is 0.470. The van der Waals surface area contributed by atoms with Gasteiger partial charge in [-0.3, -0.25) is 14.4 Å². The Morgan fingerprint density at radius 2 is 1.63 bits per heavy atom. The first-order valence-corrected chi connectivity index (χ1v) is 10.9. The minimum absolute atomic E-state index is 0.0109. The molecule has 2 saturated carbocycles. The zero-order chi connectivity index (χ0) is 21.1. The molecule has 7 nitrogen and oxygen atoms in total. The van der Waals surface area contributed by atoms with E-state index in [0.29, 0.717) is 31.7 Å². The lowest BCUT2D eigenvalue weighted by atomic mass is 9.67. The molecular formula is C23H30N2O5. The van der Waals surface area contributed by atoms with Crippen LogP contribution in [0, 0.1) is 17.8 Å². The van der Waals surface area contributed by atoms with Gasteiger partial charge in [0.25, 0.3) is 5.91 Å². The zero-order valence-corrected chi connectivity index (χ0v) is 17.5. The van der Waals surface area contributed by atoms with Gasteiger partial charge in [-0.05, 0) is 49.9 Å². The average molecular weight is 415 g/mol. The van der Waals surface area contributed by atoms with Crippen LogP contribution in [0.25, 0.3) is 0 Å². The molecule has 0 aromatic heterocycles. The Labute approximate surface area is 177 Å². The van der Waals surface area contributed by atoms with Gasteiger partial charge in [0.2, 0.25) is 0 Å². The van der Waals surface area contributed by atoms with E-state index in [-0.39, 0.29) is 36.2 Å². The van der Waals surface area contributed by atoms with E-state index in [0.717, 1.165) is 43.8 Å². The number of fused-ring (bicyclic) bond motifs is 2. The van der Waals surface area contributed by atoms with Crippen LogP contribution in [-0.2, 0) is 19.1 Å². The van der Waals surface area contributed by atoms with Crippen LogP contribution in [0.3, 0.4) is 0 Å². The number of rotatable bonds is 5. The van der Waals surface area contributed by atoms with Crippen LogP contribution < -0.4 is 9.64 Å². The highest BCUT2D eigenvalue weighted by Crippen LogP contribution is 2.40. The van der Waals surface area contributed by atoms with Crippen molar-refractivity contribution in [1.29, 1.82) is 0 Å². The molecule has 1 aromatic rings. The first-order chi connectivity index (χ1) is 14.5. The summed E-state index contributed by atoms with van der Waals surface area (Å²) in [5.41, 5.74) is 1.10. The van der Waals surface area contributed by atoms with E-state index in [9.17, 15) is 14.4 Å².